The van der Waals surface area contributed by atoms with E-state index in [1.54, 1.807) is 6.07 Å². The van der Waals surface area contributed by atoms with Crippen LogP contribution in [0.25, 0.3) is 0 Å². The normalized spacial score (nSPS) is 10.4. The van der Waals surface area contributed by atoms with Crippen LogP contribution in [0, 0.1) is 17.5 Å². The quantitative estimate of drug-likeness (QED) is 0.753. The van der Waals surface area contributed by atoms with Crippen molar-refractivity contribution in [1.29, 1.82) is 0 Å². The van der Waals surface area contributed by atoms with E-state index in [0.29, 0.717) is 11.8 Å². The van der Waals surface area contributed by atoms with Gasteiger partial charge in [0.1, 0.15) is 23.1 Å². The Kier molecular flexibility index (Phi) is 4.60. The van der Waals surface area contributed by atoms with E-state index in [2.05, 4.69) is 20.6 Å². The number of hydrogen-bond donors (Lipinski definition) is 2. The molecule has 0 radical (unpaired) electrons. The van der Waals surface area contributed by atoms with Crippen molar-refractivity contribution >= 4 is 23.2 Å². The third-order valence-corrected chi connectivity index (χ3v) is 3.15. The molecule has 2 aromatic carbocycles. The van der Waals surface area contributed by atoms with Crippen LogP contribution in [0.15, 0.2) is 54.7 Å². The molecule has 1 heterocycles. The van der Waals surface area contributed by atoms with E-state index in [1.807, 2.05) is 0 Å². The van der Waals surface area contributed by atoms with Gasteiger partial charge >= 0.3 is 0 Å². The van der Waals surface area contributed by atoms with Crippen LogP contribution in [-0.4, -0.2) is 15.9 Å². The monoisotopic (exact) mass is 344 g/mol. The van der Waals surface area contributed by atoms with Crippen LogP contribution in [-0.2, 0) is 0 Å². The van der Waals surface area contributed by atoms with Gasteiger partial charge in [-0.2, -0.15) is 0 Å². The maximum atomic E-state index is 13.6. The highest BCUT2D eigenvalue weighted by Gasteiger charge is 2.12. The molecule has 3 aromatic rings. The molecular formula is C17H11F3N4O. The molecule has 0 spiro atoms. The highest BCUT2D eigenvalue weighted by molar-refractivity contribution is 6.03. The summed E-state index contributed by atoms with van der Waals surface area (Å²) in [6.07, 6.45) is 1.32. The van der Waals surface area contributed by atoms with Crippen LogP contribution in [0.5, 0.6) is 0 Å². The largest absolute Gasteiger partial charge is 0.324 e. The van der Waals surface area contributed by atoms with Crippen molar-refractivity contribution in [2.24, 2.45) is 0 Å². The number of benzene rings is 2. The Morgan fingerprint density at radius 3 is 2.52 bits per heavy atom. The molecule has 126 valence electrons. The van der Waals surface area contributed by atoms with E-state index in [-0.39, 0.29) is 17.3 Å². The summed E-state index contributed by atoms with van der Waals surface area (Å²) < 4.78 is 39.7. The lowest BCUT2D eigenvalue weighted by atomic mass is 10.3. The summed E-state index contributed by atoms with van der Waals surface area (Å²) >= 11 is 0. The van der Waals surface area contributed by atoms with Crippen molar-refractivity contribution in [2.45, 2.75) is 0 Å². The molecule has 0 saturated heterocycles. The average Bonchev–Trinajstić information content (AvgIpc) is 2.57. The van der Waals surface area contributed by atoms with Crippen molar-refractivity contribution in [3.63, 3.8) is 0 Å². The summed E-state index contributed by atoms with van der Waals surface area (Å²) in [6, 6.07) is 9.75. The Labute approximate surface area is 140 Å². The van der Waals surface area contributed by atoms with E-state index >= 15 is 0 Å². The van der Waals surface area contributed by atoms with Gasteiger partial charge in [-0.25, -0.2) is 23.1 Å². The number of carbonyl (C=O) groups excluding carboxylic acids is 1. The van der Waals surface area contributed by atoms with Crippen molar-refractivity contribution in [3.05, 3.63) is 77.9 Å². The third kappa shape index (κ3) is 4.11. The number of carbonyl (C=O) groups is 1. The summed E-state index contributed by atoms with van der Waals surface area (Å²) in [7, 11) is 0. The predicted octanol–water partition coefficient (Wildman–Crippen LogP) is 3.89. The molecule has 0 bridgehead atoms. The van der Waals surface area contributed by atoms with Crippen LogP contribution in [0.1, 0.15) is 10.5 Å². The number of anilines is 3. The predicted molar refractivity (Wildman–Crippen MR) is 86.0 cm³/mol. The Morgan fingerprint density at radius 1 is 0.960 bits per heavy atom. The minimum absolute atomic E-state index is 0.0439. The number of nitrogens with zero attached hydrogens (tertiary/aromatic N) is 2. The Balaban J connectivity index is 1.77. The molecule has 0 saturated carbocycles. The number of aromatic nitrogens is 2. The smallest absolute Gasteiger partial charge is 0.274 e. The highest BCUT2D eigenvalue weighted by Crippen LogP contribution is 2.17. The van der Waals surface area contributed by atoms with Crippen LogP contribution in [0.2, 0.25) is 0 Å². The van der Waals surface area contributed by atoms with Gasteiger partial charge in [-0.3, -0.25) is 4.79 Å². The van der Waals surface area contributed by atoms with Crippen LogP contribution < -0.4 is 10.6 Å². The molecule has 1 aromatic heterocycles. The first kappa shape index (κ1) is 16.4. The lowest BCUT2D eigenvalue weighted by molar-refractivity contribution is 0.102. The third-order valence-electron chi connectivity index (χ3n) is 3.15. The summed E-state index contributed by atoms with van der Waals surface area (Å²) in [6.45, 7) is 0. The lowest BCUT2D eigenvalue weighted by Gasteiger charge is -2.08. The van der Waals surface area contributed by atoms with E-state index in [4.69, 9.17) is 0 Å². The fourth-order valence-electron chi connectivity index (χ4n) is 2.02. The molecule has 2 N–H and O–H groups in total. The molecule has 5 nitrogen and oxygen atoms in total. The zero-order valence-electron chi connectivity index (χ0n) is 12.6. The highest BCUT2D eigenvalue weighted by atomic mass is 19.1. The van der Waals surface area contributed by atoms with Gasteiger partial charge in [0.2, 0.25) is 5.95 Å². The number of nitrogens with one attached hydrogen (secondary N) is 2. The van der Waals surface area contributed by atoms with Gasteiger partial charge in [-0.15, -0.1) is 0 Å². The fraction of sp³-hybridized carbons (Fsp3) is 0. The molecule has 0 aliphatic heterocycles. The standard InChI is InChI=1S/C17H11F3N4O/c18-10-2-1-3-12(8-10)22-17-21-7-6-15(24-17)16(25)23-14-5-4-11(19)9-13(14)20/h1-9H,(H,23,25)(H,21,22,24). The number of rotatable bonds is 4. The maximum absolute atomic E-state index is 13.6. The first-order chi connectivity index (χ1) is 12.0. The van der Waals surface area contributed by atoms with Gasteiger partial charge < -0.3 is 10.6 Å². The van der Waals surface area contributed by atoms with Gasteiger partial charge in [-0.05, 0) is 36.4 Å². The summed E-state index contributed by atoms with van der Waals surface area (Å²) in [4.78, 5) is 20.1. The Morgan fingerprint density at radius 2 is 1.76 bits per heavy atom. The van der Waals surface area contributed by atoms with Crippen LogP contribution in [0.4, 0.5) is 30.5 Å². The summed E-state index contributed by atoms with van der Waals surface area (Å²) in [5, 5.41) is 5.05. The summed E-state index contributed by atoms with van der Waals surface area (Å²) in [5.41, 5.74) is 0.185. The number of hydrogen-bond acceptors (Lipinski definition) is 4. The van der Waals surface area contributed by atoms with Gasteiger partial charge in [-0.1, -0.05) is 6.07 Å². The molecule has 8 heteroatoms. The van der Waals surface area contributed by atoms with Gasteiger partial charge in [0.15, 0.2) is 0 Å². The fourth-order valence-corrected chi connectivity index (χ4v) is 2.02. The zero-order valence-corrected chi connectivity index (χ0v) is 12.6. The maximum Gasteiger partial charge on any atom is 0.274 e. The van der Waals surface area contributed by atoms with E-state index in [9.17, 15) is 18.0 Å². The summed E-state index contributed by atoms with van der Waals surface area (Å²) in [5.74, 6) is -2.72. The minimum atomic E-state index is -0.902. The van der Waals surface area contributed by atoms with Crippen LogP contribution >= 0.6 is 0 Å². The van der Waals surface area contributed by atoms with Crippen molar-refractivity contribution in [1.82, 2.24) is 9.97 Å². The topological polar surface area (TPSA) is 66.9 Å². The van der Waals surface area contributed by atoms with Crippen molar-refractivity contribution in [2.75, 3.05) is 10.6 Å². The minimum Gasteiger partial charge on any atom is -0.324 e. The molecule has 25 heavy (non-hydrogen) atoms. The molecule has 0 fully saturated rings. The van der Waals surface area contributed by atoms with Crippen molar-refractivity contribution < 1.29 is 18.0 Å². The van der Waals surface area contributed by atoms with E-state index < -0.39 is 23.4 Å². The zero-order chi connectivity index (χ0) is 17.8. The second-order valence-corrected chi connectivity index (χ2v) is 4.98. The van der Waals surface area contributed by atoms with Crippen LogP contribution in [0.3, 0.4) is 0 Å². The molecule has 0 aliphatic rings. The molecular weight excluding hydrogens is 333 g/mol. The second-order valence-electron chi connectivity index (χ2n) is 4.98. The van der Waals surface area contributed by atoms with Gasteiger partial charge in [0.25, 0.3) is 5.91 Å². The Hall–Kier alpha value is -3.42. The molecule has 0 aliphatic carbocycles. The lowest BCUT2D eigenvalue weighted by Crippen LogP contribution is -2.15. The number of amides is 1. The van der Waals surface area contributed by atoms with Gasteiger partial charge in [0, 0.05) is 18.0 Å². The van der Waals surface area contributed by atoms with Gasteiger partial charge in [0.05, 0.1) is 5.69 Å². The molecule has 1 amide bonds. The average molecular weight is 344 g/mol. The Bertz CT molecular complexity index is 933. The number of halogens is 3. The van der Waals surface area contributed by atoms with E-state index in [0.717, 1.165) is 12.1 Å². The molecule has 0 unspecified atom stereocenters. The first-order valence-electron chi connectivity index (χ1n) is 7.13. The van der Waals surface area contributed by atoms with E-state index in [1.165, 1.54) is 30.5 Å². The molecule has 0 atom stereocenters. The molecule has 3 rings (SSSR count). The van der Waals surface area contributed by atoms with Crippen molar-refractivity contribution in [3.8, 4) is 0 Å². The first-order valence-corrected chi connectivity index (χ1v) is 7.13. The SMILES string of the molecule is O=C(Nc1ccc(F)cc1F)c1ccnc(Nc2cccc(F)c2)n1. The second kappa shape index (κ2) is 7.00.